The van der Waals surface area contributed by atoms with Gasteiger partial charge in [0.1, 0.15) is 5.76 Å². The molecule has 1 aromatic rings. The number of hydrogen-bond acceptors (Lipinski definition) is 3. The van der Waals surface area contributed by atoms with E-state index in [4.69, 9.17) is 10.3 Å². The number of nitrogens with zero attached hydrogens (tertiary/aromatic N) is 1. The molecule has 0 atom stereocenters. The van der Waals surface area contributed by atoms with Gasteiger partial charge in [0.05, 0.1) is 5.69 Å². The molecule has 1 heterocycles. The second-order valence-electron chi connectivity index (χ2n) is 2.57. The Bertz CT molecular complexity index is 230. The fourth-order valence-electron chi connectivity index (χ4n) is 1.10. The highest BCUT2D eigenvalue weighted by atomic mass is 16.5. The smallest absolute Gasteiger partial charge is 0.141 e. The molecule has 0 spiro atoms. The first-order valence-corrected chi connectivity index (χ1v) is 3.93. The third-order valence-electron chi connectivity index (χ3n) is 1.82. The maximum atomic E-state index is 5.39. The average Bonchev–Trinajstić information content (AvgIpc) is 2.34. The van der Waals surface area contributed by atoms with Gasteiger partial charge in [0.2, 0.25) is 0 Å². The van der Waals surface area contributed by atoms with Gasteiger partial charge in [0.15, 0.2) is 0 Å². The normalized spacial score (nSPS) is 10.5. The fourth-order valence-corrected chi connectivity index (χ4v) is 1.10. The van der Waals surface area contributed by atoms with E-state index in [1.54, 1.807) is 0 Å². The van der Waals surface area contributed by atoms with Crippen molar-refractivity contribution in [1.29, 1.82) is 0 Å². The Hall–Kier alpha value is -0.830. The summed E-state index contributed by atoms with van der Waals surface area (Å²) in [6.45, 7) is 4.72. The molecule has 0 aliphatic heterocycles. The van der Waals surface area contributed by atoms with Gasteiger partial charge in [-0.1, -0.05) is 12.1 Å². The zero-order chi connectivity index (χ0) is 8.27. The molecule has 2 N–H and O–H groups in total. The van der Waals surface area contributed by atoms with Crippen LogP contribution in [-0.2, 0) is 12.8 Å². The van der Waals surface area contributed by atoms with E-state index < -0.39 is 0 Å². The average molecular weight is 154 g/mol. The van der Waals surface area contributed by atoms with Gasteiger partial charge in [0, 0.05) is 12.0 Å². The van der Waals surface area contributed by atoms with Crippen molar-refractivity contribution in [2.75, 3.05) is 6.54 Å². The molecular weight excluding hydrogens is 140 g/mol. The van der Waals surface area contributed by atoms with Gasteiger partial charge in [-0.15, -0.1) is 0 Å². The minimum Gasteiger partial charge on any atom is -0.361 e. The van der Waals surface area contributed by atoms with Crippen LogP contribution >= 0.6 is 0 Å². The number of aromatic nitrogens is 1. The van der Waals surface area contributed by atoms with Crippen LogP contribution in [0.25, 0.3) is 0 Å². The van der Waals surface area contributed by atoms with E-state index in [1.807, 2.05) is 6.92 Å². The number of nitrogens with two attached hydrogens (primary N) is 1. The van der Waals surface area contributed by atoms with Gasteiger partial charge >= 0.3 is 0 Å². The lowest BCUT2D eigenvalue weighted by molar-refractivity contribution is 0.378. The van der Waals surface area contributed by atoms with Crippen LogP contribution in [0, 0.1) is 6.92 Å². The molecule has 3 nitrogen and oxygen atoms in total. The van der Waals surface area contributed by atoms with Crippen LogP contribution in [0.3, 0.4) is 0 Å². The number of rotatable bonds is 3. The predicted octanol–water partition coefficient (Wildman–Crippen LogP) is 1.05. The second kappa shape index (κ2) is 3.53. The summed E-state index contributed by atoms with van der Waals surface area (Å²) in [6, 6.07) is 0. The maximum absolute atomic E-state index is 5.39. The van der Waals surface area contributed by atoms with Crippen molar-refractivity contribution >= 4 is 0 Å². The highest BCUT2D eigenvalue weighted by Gasteiger charge is 2.08. The second-order valence-corrected chi connectivity index (χ2v) is 2.57. The minimum absolute atomic E-state index is 0.624. The Morgan fingerprint density at radius 3 is 2.73 bits per heavy atom. The molecule has 11 heavy (non-hydrogen) atoms. The number of aryl methyl sites for hydroxylation is 1. The Morgan fingerprint density at radius 1 is 1.55 bits per heavy atom. The van der Waals surface area contributed by atoms with Crippen molar-refractivity contribution in [3.63, 3.8) is 0 Å². The van der Waals surface area contributed by atoms with Crippen molar-refractivity contribution in [2.24, 2.45) is 5.73 Å². The third-order valence-corrected chi connectivity index (χ3v) is 1.82. The summed E-state index contributed by atoms with van der Waals surface area (Å²) in [5.41, 5.74) is 7.61. The van der Waals surface area contributed by atoms with E-state index in [0.29, 0.717) is 6.54 Å². The van der Waals surface area contributed by atoms with E-state index in [9.17, 15) is 0 Å². The summed E-state index contributed by atoms with van der Waals surface area (Å²) in [5.74, 6) is 0.935. The van der Waals surface area contributed by atoms with E-state index >= 15 is 0 Å². The first-order chi connectivity index (χ1) is 5.29. The minimum atomic E-state index is 0.624. The SMILES string of the molecule is CCc1noc(CCN)c1C. The fraction of sp³-hybridized carbons (Fsp3) is 0.625. The van der Waals surface area contributed by atoms with E-state index in [1.165, 1.54) is 0 Å². The lowest BCUT2D eigenvalue weighted by Crippen LogP contribution is -2.02. The molecule has 62 valence electrons. The van der Waals surface area contributed by atoms with Gasteiger partial charge < -0.3 is 10.3 Å². The van der Waals surface area contributed by atoms with Gasteiger partial charge in [-0.05, 0) is 19.9 Å². The summed E-state index contributed by atoms with van der Waals surface area (Å²) >= 11 is 0. The molecule has 1 aromatic heterocycles. The van der Waals surface area contributed by atoms with Gasteiger partial charge in [-0.2, -0.15) is 0 Å². The first-order valence-electron chi connectivity index (χ1n) is 3.93. The Balaban J connectivity index is 2.82. The van der Waals surface area contributed by atoms with E-state index in [-0.39, 0.29) is 0 Å². The van der Waals surface area contributed by atoms with Crippen LogP contribution in [0.5, 0.6) is 0 Å². The molecule has 1 rings (SSSR count). The molecule has 0 radical (unpaired) electrons. The highest BCUT2D eigenvalue weighted by Crippen LogP contribution is 2.12. The zero-order valence-corrected chi connectivity index (χ0v) is 7.05. The van der Waals surface area contributed by atoms with Crippen LogP contribution < -0.4 is 5.73 Å². The predicted molar refractivity (Wildman–Crippen MR) is 43.4 cm³/mol. The zero-order valence-electron chi connectivity index (χ0n) is 7.05. The Kier molecular flexibility index (Phi) is 2.65. The molecule has 0 bridgehead atoms. The van der Waals surface area contributed by atoms with Gasteiger partial charge in [0.25, 0.3) is 0 Å². The van der Waals surface area contributed by atoms with Crippen LogP contribution in [0.1, 0.15) is 23.9 Å². The largest absolute Gasteiger partial charge is 0.361 e. The maximum Gasteiger partial charge on any atom is 0.141 e. The summed E-state index contributed by atoms with van der Waals surface area (Å²) in [7, 11) is 0. The van der Waals surface area contributed by atoms with Crippen LogP contribution in [0.2, 0.25) is 0 Å². The van der Waals surface area contributed by atoms with Crippen molar-refractivity contribution in [3.8, 4) is 0 Å². The molecule has 0 saturated heterocycles. The summed E-state index contributed by atoms with van der Waals surface area (Å²) < 4.78 is 5.10. The van der Waals surface area contributed by atoms with Crippen molar-refractivity contribution in [1.82, 2.24) is 5.16 Å². The molecule has 0 unspecified atom stereocenters. The van der Waals surface area contributed by atoms with Crippen LogP contribution in [0.15, 0.2) is 4.52 Å². The Morgan fingerprint density at radius 2 is 2.27 bits per heavy atom. The van der Waals surface area contributed by atoms with E-state index in [0.717, 1.165) is 29.9 Å². The van der Waals surface area contributed by atoms with Crippen molar-refractivity contribution < 1.29 is 4.52 Å². The highest BCUT2D eigenvalue weighted by molar-refractivity contribution is 5.20. The quantitative estimate of drug-likeness (QED) is 0.707. The van der Waals surface area contributed by atoms with Crippen LogP contribution in [-0.4, -0.2) is 11.7 Å². The summed E-state index contributed by atoms with van der Waals surface area (Å²) in [5, 5.41) is 3.92. The molecule has 0 amide bonds. The summed E-state index contributed by atoms with van der Waals surface area (Å²) in [6.07, 6.45) is 1.72. The molecule has 0 aromatic carbocycles. The third kappa shape index (κ3) is 1.60. The Labute approximate surface area is 66.6 Å². The molecular formula is C8H14N2O. The van der Waals surface area contributed by atoms with Crippen molar-refractivity contribution in [3.05, 3.63) is 17.0 Å². The molecule has 0 aliphatic rings. The van der Waals surface area contributed by atoms with E-state index in [2.05, 4.69) is 12.1 Å². The number of hydrogen-bond donors (Lipinski definition) is 1. The summed E-state index contributed by atoms with van der Waals surface area (Å²) in [4.78, 5) is 0. The van der Waals surface area contributed by atoms with Crippen molar-refractivity contribution in [2.45, 2.75) is 26.7 Å². The lowest BCUT2D eigenvalue weighted by atomic mass is 10.1. The molecule has 0 saturated carbocycles. The molecule has 0 fully saturated rings. The van der Waals surface area contributed by atoms with Gasteiger partial charge in [-0.3, -0.25) is 0 Å². The topological polar surface area (TPSA) is 52.0 Å². The molecule has 0 aliphatic carbocycles. The van der Waals surface area contributed by atoms with Crippen LogP contribution in [0.4, 0.5) is 0 Å². The lowest BCUT2D eigenvalue weighted by Gasteiger charge is -1.92. The van der Waals surface area contributed by atoms with Gasteiger partial charge in [-0.25, -0.2) is 0 Å². The standard InChI is InChI=1S/C8H14N2O/c1-3-7-6(2)8(4-5-9)11-10-7/h3-5,9H2,1-2H3. The molecule has 3 heteroatoms. The monoisotopic (exact) mass is 154 g/mol. The first kappa shape index (κ1) is 8.27.